The fraction of sp³-hybridized carbons (Fsp3) is 0.500. The topological polar surface area (TPSA) is 0 Å². The zero-order valence-corrected chi connectivity index (χ0v) is 9.00. The van der Waals surface area contributed by atoms with Gasteiger partial charge in [0.2, 0.25) is 0 Å². The second kappa shape index (κ2) is 6.30. The number of hydrogen-bond acceptors (Lipinski definition) is 0. The van der Waals surface area contributed by atoms with Crippen LogP contribution in [0.2, 0.25) is 0 Å². The van der Waals surface area contributed by atoms with Crippen molar-refractivity contribution < 1.29 is 19.5 Å². The molecule has 0 unspecified atom stereocenters. The van der Waals surface area contributed by atoms with E-state index in [0.29, 0.717) is 0 Å². The van der Waals surface area contributed by atoms with Gasteiger partial charge >= 0.3 is 0 Å². The maximum Gasteiger partial charge on any atom is 0 e. The van der Waals surface area contributed by atoms with Gasteiger partial charge in [0.05, 0.1) is 0 Å². The van der Waals surface area contributed by atoms with Gasteiger partial charge in [-0.25, -0.2) is 0 Å². The van der Waals surface area contributed by atoms with Crippen LogP contribution in [0.1, 0.15) is 25.7 Å². The molecule has 1 rings (SSSR count). The quantitative estimate of drug-likeness (QED) is 0.600. The van der Waals surface area contributed by atoms with Gasteiger partial charge in [0.15, 0.2) is 0 Å². The Balaban J connectivity index is 0.000000810. The number of allylic oxidation sites excluding steroid dienone is 4. The molecule has 0 saturated carbocycles. The third-order valence-corrected chi connectivity index (χ3v) is 2.11. The van der Waals surface area contributed by atoms with Crippen molar-refractivity contribution in [1.29, 1.82) is 0 Å². The van der Waals surface area contributed by atoms with Crippen molar-refractivity contribution in [1.82, 2.24) is 0 Å². The van der Waals surface area contributed by atoms with Gasteiger partial charge in [0, 0.05) is 19.5 Å². The second-order valence-corrected chi connectivity index (χ2v) is 3.31. The zero-order chi connectivity index (χ0) is 6.53. The maximum absolute atomic E-state index is 3.48. The van der Waals surface area contributed by atoms with E-state index in [1.54, 1.807) is 0 Å². The molecule has 0 saturated heterocycles. The minimum atomic E-state index is 0. The Morgan fingerprint density at radius 3 is 2.90 bits per heavy atom. The Labute approximate surface area is 83.7 Å². The molecule has 1 aliphatic carbocycles. The Bertz CT molecular complexity index is 138. The zero-order valence-electron chi connectivity index (χ0n) is 5.77. The molecule has 1 radical (unpaired) electrons. The van der Waals surface area contributed by atoms with Crippen molar-refractivity contribution in [2.75, 3.05) is 0 Å². The van der Waals surface area contributed by atoms with E-state index in [4.69, 9.17) is 0 Å². The van der Waals surface area contributed by atoms with E-state index in [1.165, 1.54) is 30.2 Å². The van der Waals surface area contributed by atoms with E-state index in [-0.39, 0.29) is 19.5 Å². The minimum Gasteiger partial charge on any atom is -0.0845 e. The van der Waals surface area contributed by atoms with Crippen molar-refractivity contribution in [3.05, 3.63) is 22.7 Å². The summed E-state index contributed by atoms with van der Waals surface area (Å²) in [5, 5.41) is 0. The van der Waals surface area contributed by atoms with Crippen LogP contribution in [0.5, 0.6) is 0 Å². The van der Waals surface area contributed by atoms with Gasteiger partial charge < -0.3 is 0 Å². The van der Waals surface area contributed by atoms with Crippen LogP contribution in [0.15, 0.2) is 22.7 Å². The molecule has 59 valence electrons. The molecule has 0 aromatic carbocycles. The maximum atomic E-state index is 3.48. The summed E-state index contributed by atoms with van der Waals surface area (Å²) in [6, 6.07) is 0. The summed E-state index contributed by atoms with van der Waals surface area (Å²) in [5.41, 5.74) is 0. The molecular weight excluding hydrogens is 279 g/mol. The molecule has 0 atom stereocenters. The Kier molecular flexibility index (Phi) is 6.67. The minimum absolute atomic E-state index is 0. The monoisotopic (exact) mass is 289 g/mol. The van der Waals surface area contributed by atoms with Crippen LogP contribution in [-0.2, 0) is 19.5 Å². The summed E-state index contributed by atoms with van der Waals surface area (Å²) in [6.07, 6.45) is 11.6. The molecule has 1 aliphatic rings. The Morgan fingerprint density at radius 2 is 2.10 bits per heavy atom. The van der Waals surface area contributed by atoms with E-state index in [2.05, 4.69) is 34.2 Å². The standard InChI is InChI=1S/C8H11Br.Rh/c9-8-6-4-2-1-3-5-7-8;/h2,4,6H,1,3,5,7H2;. The van der Waals surface area contributed by atoms with Crippen LogP contribution in [0.3, 0.4) is 0 Å². The Hall–Kier alpha value is 0.583. The van der Waals surface area contributed by atoms with Crippen molar-refractivity contribution >= 4 is 15.9 Å². The van der Waals surface area contributed by atoms with Crippen LogP contribution in [-0.4, -0.2) is 0 Å². The first-order valence-corrected chi connectivity index (χ1v) is 4.20. The molecule has 0 N–H and O–H groups in total. The molecule has 0 bridgehead atoms. The van der Waals surface area contributed by atoms with E-state index in [9.17, 15) is 0 Å². The van der Waals surface area contributed by atoms with Gasteiger partial charge in [-0.3, -0.25) is 0 Å². The molecule has 10 heavy (non-hydrogen) atoms. The number of rotatable bonds is 0. The van der Waals surface area contributed by atoms with Crippen molar-refractivity contribution in [3.8, 4) is 0 Å². The number of halogens is 1. The fourth-order valence-corrected chi connectivity index (χ4v) is 1.34. The SMILES string of the molecule is BrC1=CC=CCCCC1.[Rh]. The predicted molar refractivity (Wildman–Crippen MR) is 44.6 cm³/mol. The van der Waals surface area contributed by atoms with E-state index in [1.807, 2.05) is 0 Å². The van der Waals surface area contributed by atoms with E-state index in [0.717, 1.165) is 0 Å². The van der Waals surface area contributed by atoms with Gasteiger partial charge in [-0.15, -0.1) is 0 Å². The van der Waals surface area contributed by atoms with Gasteiger partial charge in [-0.05, 0) is 30.2 Å². The largest absolute Gasteiger partial charge is 0.0845 e. The van der Waals surface area contributed by atoms with E-state index < -0.39 is 0 Å². The predicted octanol–water partition coefficient (Wildman–Crippen LogP) is 3.39. The molecule has 0 nitrogen and oxygen atoms in total. The molecule has 0 amide bonds. The first-order chi connectivity index (χ1) is 4.39. The summed E-state index contributed by atoms with van der Waals surface area (Å²) in [6.45, 7) is 0. The summed E-state index contributed by atoms with van der Waals surface area (Å²) >= 11 is 3.48. The third kappa shape index (κ3) is 4.41. The third-order valence-electron chi connectivity index (χ3n) is 1.45. The number of hydrogen-bond donors (Lipinski definition) is 0. The van der Waals surface area contributed by atoms with Crippen LogP contribution >= 0.6 is 15.9 Å². The fourth-order valence-electron chi connectivity index (χ4n) is 0.908. The molecule has 0 aliphatic heterocycles. The molecule has 0 heterocycles. The average molecular weight is 290 g/mol. The van der Waals surface area contributed by atoms with Crippen LogP contribution in [0, 0.1) is 0 Å². The second-order valence-electron chi connectivity index (χ2n) is 2.29. The van der Waals surface area contributed by atoms with Crippen LogP contribution in [0.4, 0.5) is 0 Å². The molecule has 0 aromatic heterocycles. The first-order valence-electron chi connectivity index (χ1n) is 3.41. The van der Waals surface area contributed by atoms with E-state index >= 15 is 0 Å². The molecule has 0 fully saturated rings. The smallest absolute Gasteiger partial charge is 0 e. The summed E-state index contributed by atoms with van der Waals surface area (Å²) in [5.74, 6) is 0. The summed E-state index contributed by atoms with van der Waals surface area (Å²) in [4.78, 5) is 0. The van der Waals surface area contributed by atoms with Gasteiger partial charge in [0.1, 0.15) is 0 Å². The molecular formula is C8H11BrRh. The first kappa shape index (κ1) is 10.6. The van der Waals surface area contributed by atoms with Crippen molar-refractivity contribution in [2.45, 2.75) is 25.7 Å². The normalized spacial score (nSPS) is 18.3. The van der Waals surface area contributed by atoms with Crippen LogP contribution < -0.4 is 0 Å². The summed E-state index contributed by atoms with van der Waals surface area (Å²) in [7, 11) is 0. The average Bonchev–Trinajstić information content (AvgIpc) is 1.79. The molecule has 0 aromatic rings. The van der Waals surface area contributed by atoms with Gasteiger partial charge in [0.25, 0.3) is 0 Å². The Morgan fingerprint density at radius 1 is 1.30 bits per heavy atom. The summed E-state index contributed by atoms with van der Waals surface area (Å²) < 4.78 is 1.33. The molecule has 0 spiro atoms. The molecule has 2 heteroatoms. The van der Waals surface area contributed by atoms with Crippen LogP contribution in [0.25, 0.3) is 0 Å². The van der Waals surface area contributed by atoms with Crippen molar-refractivity contribution in [3.63, 3.8) is 0 Å². The van der Waals surface area contributed by atoms with Crippen molar-refractivity contribution in [2.24, 2.45) is 0 Å². The van der Waals surface area contributed by atoms with Gasteiger partial charge in [-0.1, -0.05) is 34.2 Å². The van der Waals surface area contributed by atoms with Gasteiger partial charge in [-0.2, -0.15) is 0 Å².